The normalized spacial score (nSPS) is 11.7. The van der Waals surface area contributed by atoms with Crippen molar-refractivity contribution in [3.05, 3.63) is 103 Å². The third-order valence-corrected chi connectivity index (χ3v) is 5.45. The number of benzene rings is 3. The van der Waals surface area contributed by atoms with Crippen LogP contribution in [0.1, 0.15) is 10.8 Å². The van der Waals surface area contributed by atoms with Gasteiger partial charge in [-0.25, -0.2) is 4.98 Å². The Labute approximate surface area is 167 Å². The van der Waals surface area contributed by atoms with Gasteiger partial charge in [0.05, 0.1) is 6.20 Å². The van der Waals surface area contributed by atoms with Crippen LogP contribution in [0.25, 0.3) is 11.3 Å². The lowest BCUT2D eigenvalue weighted by atomic mass is 10.1. The maximum Gasteiger partial charge on any atom is 0.242 e. The molecule has 1 atom stereocenters. The Kier molecular flexibility index (Phi) is 5.54. The highest BCUT2D eigenvalue weighted by Crippen LogP contribution is 2.36. The SMILES string of the molecule is O=C(Nc1cccc(-c2cnco2)c1)C(Sc1ccccc1)c1ccccc1. The van der Waals surface area contributed by atoms with E-state index in [9.17, 15) is 4.79 Å². The maximum atomic E-state index is 13.1. The van der Waals surface area contributed by atoms with Crippen LogP contribution in [-0.2, 0) is 4.79 Å². The van der Waals surface area contributed by atoms with Crippen LogP contribution >= 0.6 is 11.8 Å². The molecule has 0 radical (unpaired) electrons. The molecule has 4 rings (SSSR count). The van der Waals surface area contributed by atoms with E-state index in [0.29, 0.717) is 11.4 Å². The van der Waals surface area contributed by atoms with Gasteiger partial charge < -0.3 is 9.73 Å². The van der Waals surface area contributed by atoms with Crippen molar-refractivity contribution in [2.75, 3.05) is 5.32 Å². The molecule has 0 aliphatic carbocycles. The standard InChI is InChI=1S/C23H18N2O2S/c26-23(25-19-11-7-10-18(14-19)21-15-24-16-27-21)22(17-8-3-1-4-9-17)28-20-12-5-2-6-13-20/h1-16,22H,(H,25,26). The van der Waals surface area contributed by atoms with Crippen LogP contribution in [0.2, 0.25) is 0 Å². The smallest absolute Gasteiger partial charge is 0.242 e. The van der Waals surface area contributed by atoms with Crippen molar-refractivity contribution in [3.63, 3.8) is 0 Å². The van der Waals surface area contributed by atoms with Gasteiger partial charge in [0, 0.05) is 16.1 Å². The van der Waals surface area contributed by atoms with Gasteiger partial charge in [-0.05, 0) is 29.8 Å². The van der Waals surface area contributed by atoms with Crippen molar-refractivity contribution in [2.24, 2.45) is 0 Å². The number of nitrogens with zero attached hydrogens (tertiary/aromatic N) is 1. The predicted molar refractivity (Wildman–Crippen MR) is 112 cm³/mol. The quantitative estimate of drug-likeness (QED) is 0.425. The Morgan fingerprint density at radius 3 is 2.39 bits per heavy atom. The average molecular weight is 386 g/mol. The molecule has 0 fully saturated rings. The molecule has 1 amide bonds. The summed E-state index contributed by atoms with van der Waals surface area (Å²) in [6, 6.07) is 27.3. The highest BCUT2D eigenvalue weighted by atomic mass is 32.2. The first-order valence-corrected chi connectivity index (χ1v) is 9.74. The van der Waals surface area contributed by atoms with E-state index in [1.165, 1.54) is 18.2 Å². The van der Waals surface area contributed by atoms with E-state index in [1.807, 2.05) is 84.9 Å². The fourth-order valence-corrected chi connectivity index (χ4v) is 3.90. The van der Waals surface area contributed by atoms with Crippen LogP contribution in [0.4, 0.5) is 5.69 Å². The first-order valence-electron chi connectivity index (χ1n) is 8.86. The molecule has 1 unspecified atom stereocenters. The second-order valence-electron chi connectivity index (χ2n) is 6.16. The lowest BCUT2D eigenvalue weighted by molar-refractivity contribution is -0.115. The van der Waals surface area contributed by atoms with E-state index in [4.69, 9.17) is 4.42 Å². The monoisotopic (exact) mass is 386 g/mol. The van der Waals surface area contributed by atoms with E-state index in [-0.39, 0.29) is 11.2 Å². The molecule has 0 bridgehead atoms. The molecule has 4 aromatic rings. The topological polar surface area (TPSA) is 55.1 Å². The minimum Gasteiger partial charge on any atom is -0.444 e. The number of aromatic nitrogens is 1. The summed E-state index contributed by atoms with van der Waals surface area (Å²) in [6.07, 6.45) is 3.04. The van der Waals surface area contributed by atoms with Crippen molar-refractivity contribution in [3.8, 4) is 11.3 Å². The van der Waals surface area contributed by atoms with Crippen molar-refractivity contribution < 1.29 is 9.21 Å². The van der Waals surface area contributed by atoms with Gasteiger partial charge in [0.25, 0.3) is 0 Å². The third kappa shape index (κ3) is 4.32. The molecule has 0 saturated heterocycles. The number of anilines is 1. The molecule has 0 aliphatic rings. The zero-order chi connectivity index (χ0) is 19.2. The maximum absolute atomic E-state index is 13.1. The largest absolute Gasteiger partial charge is 0.444 e. The van der Waals surface area contributed by atoms with Gasteiger partial charge in [0.2, 0.25) is 5.91 Å². The number of carbonyl (C=O) groups excluding carboxylic acids is 1. The molecular weight excluding hydrogens is 368 g/mol. The lowest BCUT2D eigenvalue weighted by Crippen LogP contribution is -2.19. The second-order valence-corrected chi connectivity index (χ2v) is 7.34. The molecule has 0 saturated carbocycles. The summed E-state index contributed by atoms with van der Waals surface area (Å²) in [5, 5.41) is 2.68. The van der Waals surface area contributed by atoms with Gasteiger partial charge in [-0.15, -0.1) is 11.8 Å². The summed E-state index contributed by atoms with van der Waals surface area (Å²) in [5.74, 6) is 0.587. The molecule has 1 heterocycles. The van der Waals surface area contributed by atoms with Gasteiger partial charge in [-0.1, -0.05) is 60.7 Å². The van der Waals surface area contributed by atoms with Gasteiger partial charge in [0.15, 0.2) is 12.2 Å². The molecule has 1 N–H and O–H groups in total. The fourth-order valence-electron chi connectivity index (χ4n) is 2.85. The Balaban J connectivity index is 1.58. The highest BCUT2D eigenvalue weighted by Gasteiger charge is 2.22. The van der Waals surface area contributed by atoms with Crippen LogP contribution in [0.15, 0.2) is 107 Å². The summed E-state index contributed by atoms with van der Waals surface area (Å²) in [7, 11) is 0. The van der Waals surface area contributed by atoms with Crippen molar-refractivity contribution in [1.29, 1.82) is 0 Å². The Morgan fingerprint density at radius 1 is 0.929 bits per heavy atom. The molecule has 4 nitrogen and oxygen atoms in total. The zero-order valence-electron chi connectivity index (χ0n) is 15.0. The van der Waals surface area contributed by atoms with Gasteiger partial charge in [0.1, 0.15) is 5.25 Å². The number of hydrogen-bond acceptors (Lipinski definition) is 4. The van der Waals surface area contributed by atoms with E-state index in [0.717, 1.165) is 16.0 Å². The summed E-state index contributed by atoms with van der Waals surface area (Å²) in [5.41, 5.74) is 2.54. The number of thioether (sulfide) groups is 1. The highest BCUT2D eigenvalue weighted by molar-refractivity contribution is 8.00. The summed E-state index contributed by atoms with van der Waals surface area (Å²) in [4.78, 5) is 18.1. The van der Waals surface area contributed by atoms with Gasteiger partial charge >= 0.3 is 0 Å². The fraction of sp³-hybridized carbons (Fsp3) is 0.0435. The third-order valence-electron chi connectivity index (χ3n) is 4.18. The molecular formula is C23H18N2O2S. The van der Waals surface area contributed by atoms with Crippen LogP contribution in [0, 0.1) is 0 Å². The van der Waals surface area contributed by atoms with Gasteiger partial charge in [-0.2, -0.15) is 0 Å². The first-order chi connectivity index (χ1) is 13.8. The Morgan fingerprint density at radius 2 is 1.68 bits per heavy atom. The van der Waals surface area contributed by atoms with E-state index in [1.54, 1.807) is 6.20 Å². The number of nitrogens with one attached hydrogen (secondary N) is 1. The van der Waals surface area contributed by atoms with E-state index < -0.39 is 0 Å². The molecule has 5 heteroatoms. The van der Waals surface area contributed by atoms with Crippen LogP contribution in [-0.4, -0.2) is 10.9 Å². The first kappa shape index (κ1) is 18.1. The van der Waals surface area contributed by atoms with E-state index >= 15 is 0 Å². The molecule has 138 valence electrons. The number of oxazole rings is 1. The van der Waals surface area contributed by atoms with E-state index in [2.05, 4.69) is 10.3 Å². The average Bonchev–Trinajstić information content (AvgIpc) is 3.28. The Bertz CT molecular complexity index is 1030. The molecule has 0 spiro atoms. The summed E-state index contributed by atoms with van der Waals surface area (Å²) in [6.45, 7) is 0. The number of carbonyl (C=O) groups is 1. The van der Waals surface area contributed by atoms with Crippen molar-refractivity contribution >= 4 is 23.4 Å². The number of rotatable bonds is 6. The Hall–Kier alpha value is -3.31. The molecule has 1 aromatic heterocycles. The van der Waals surface area contributed by atoms with Crippen molar-refractivity contribution in [1.82, 2.24) is 4.98 Å². The predicted octanol–water partition coefficient (Wildman–Crippen LogP) is 5.81. The summed E-state index contributed by atoms with van der Waals surface area (Å²) >= 11 is 1.53. The van der Waals surface area contributed by atoms with Gasteiger partial charge in [-0.3, -0.25) is 4.79 Å². The number of hydrogen-bond donors (Lipinski definition) is 1. The van der Waals surface area contributed by atoms with Crippen LogP contribution in [0.5, 0.6) is 0 Å². The zero-order valence-corrected chi connectivity index (χ0v) is 15.8. The molecule has 3 aromatic carbocycles. The van der Waals surface area contributed by atoms with Crippen LogP contribution < -0.4 is 5.32 Å². The second kappa shape index (κ2) is 8.59. The minimum absolute atomic E-state index is 0.0743. The summed E-state index contributed by atoms with van der Waals surface area (Å²) < 4.78 is 5.35. The molecule has 0 aliphatic heterocycles. The minimum atomic E-state index is -0.363. The van der Waals surface area contributed by atoms with Crippen molar-refractivity contribution in [2.45, 2.75) is 10.1 Å². The molecule has 28 heavy (non-hydrogen) atoms. The lowest BCUT2D eigenvalue weighted by Gasteiger charge is -2.17. The van der Waals surface area contributed by atoms with Crippen LogP contribution in [0.3, 0.4) is 0 Å². The number of amides is 1.